The molecular formula is C5H12N2O. The number of nitrogens with one attached hydrogen (secondary N) is 1. The van der Waals surface area contributed by atoms with Gasteiger partial charge in [0.05, 0.1) is 6.61 Å². The number of hydroxylamine groups is 1. The van der Waals surface area contributed by atoms with Crippen molar-refractivity contribution in [3.05, 3.63) is 0 Å². The monoisotopic (exact) mass is 116 g/mol. The molecule has 0 aromatic rings. The van der Waals surface area contributed by atoms with Crippen LogP contribution in [0.3, 0.4) is 0 Å². The third-order valence-corrected chi connectivity index (χ3v) is 1.11. The van der Waals surface area contributed by atoms with E-state index in [0.717, 1.165) is 19.7 Å². The van der Waals surface area contributed by atoms with E-state index in [2.05, 4.69) is 5.43 Å². The van der Waals surface area contributed by atoms with Gasteiger partial charge in [-0.3, -0.25) is 4.84 Å². The summed E-state index contributed by atoms with van der Waals surface area (Å²) in [5, 5.41) is 1.79. The van der Waals surface area contributed by atoms with E-state index in [4.69, 9.17) is 4.84 Å². The van der Waals surface area contributed by atoms with Crippen LogP contribution in [0.5, 0.6) is 0 Å². The largest absolute Gasteiger partial charge is 0.284 e. The molecule has 0 amide bonds. The topological polar surface area (TPSA) is 24.5 Å². The average molecular weight is 116 g/mol. The Balaban J connectivity index is 2.06. The minimum Gasteiger partial charge on any atom is -0.284 e. The summed E-state index contributed by atoms with van der Waals surface area (Å²) in [4.78, 5) is 5.12. The lowest BCUT2D eigenvalue weighted by Crippen LogP contribution is -2.30. The van der Waals surface area contributed by atoms with E-state index < -0.39 is 0 Å². The van der Waals surface area contributed by atoms with Crippen molar-refractivity contribution in [3.8, 4) is 0 Å². The molecule has 3 heteroatoms. The van der Waals surface area contributed by atoms with Crippen LogP contribution >= 0.6 is 0 Å². The highest BCUT2D eigenvalue weighted by Crippen LogP contribution is 1.94. The number of hydrazine groups is 1. The zero-order valence-corrected chi connectivity index (χ0v) is 5.18. The van der Waals surface area contributed by atoms with E-state index in [-0.39, 0.29) is 0 Å². The van der Waals surface area contributed by atoms with Gasteiger partial charge >= 0.3 is 0 Å². The molecule has 0 radical (unpaired) electrons. The second-order valence-corrected chi connectivity index (χ2v) is 1.78. The Morgan fingerprint density at radius 2 is 2.62 bits per heavy atom. The van der Waals surface area contributed by atoms with E-state index >= 15 is 0 Å². The Kier molecular flexibility index (Phi) is 2.27. The molecule has 0 spiro atoms. The first-order chi connectivity index (χ1) is 3.93. The molecule has 48 valence electrons. The van der Waals surface area contributed by atoms with E-state index in [1.54, 1.807) is 5.17 Å². The first-order valence-corrected chi connectivity index (χ1v) is 3.07. The van der Waals surface area contributed by atoms with Crippen molar-refractivity contribution in [1.29, 1.82) is 0 Å². The lowest BCUT2D eigenvalue weighted by molar-refractivity contribution is -0.172. The van der Waals surface area contributed by atoms with Crippen molar-refractivity contribution < 1.29 is 4.84 Å². The molecule has 1 aliphatic heterocycles. The smallest absolute Gasteiger partial charge is 0.0673 e. The molecule has 0 bridgehead atoms. The third-order valence-electron chi connectivity index (χ3n) is 1.11. The number of rotatable bonds is 2. The van der Waals surface area contributed by atoms with Gasteiger partial charge in [-0.05, 0) is 13.3 Å². The molecule has 1 fully saturated rings. The quantitative estimate of drug-likeness (QED) is 0.555. The summed E-state index contributed by atoms with van der Waals surface area (Å²) in [6.07, 6.45) is 1.19. The standard InChI is InChI=1S/C5H12N2O/c1-2-8-7-5-3-4-6-7/h6H,2-5H2,1H3. The first-order valence-electron chi connectivity index (χ1n) is 3.07. The van der Waals surface area contributed by atoms with Gasteiger partial charge in [-0.15, -0.1) is 5.17 Å². The van der Waals surface area contributed by atoms with Gasteiger partial charge < -0.3 is 0 Å². The van der Waals surface area contributed by atoms with Crippen LogP contribution in [0.1, 0.15) is 13.3 Å². The maximum atomic E-state index is 5.12. The van der Waals surface area contributed by atoms with Crippen molar-refractivity contribution in [1.82, 2.24) is 10.6 Å². The molecule has 1 rings (SSSR count). The summed E-state index contributed by atoms with van der Waals surface area (Å²) < 4.78 is 0. The fourth-order valence-corrected chi connectivity index (χ4v) is 0.772. The van der Waals surface area contributed by atoms with Gasteiger partial charge in [0.1, 0.15) is 0 Å². The van der Waals surface area contributed by atoms with E-state index in [0.29, 0.717) is 0 Å². The Labute approximate surface area is 49.5 Å². The van der Waals surface area contributed by atoms with E-state index in [1.807, 2.05) is 6.92 Å². The fourth-order valence-electron chi connectivity index (χ4n) is 0.772. The van der Waals surface area contributed by atoms with Crippen LogP contribution in [0, 0.1) is 0 Å². The molecule has 0 aliphatic carbocycles. The summed E-state index contributed by atoms with van der Waals surface area (Å²) in [6.45, 7) is 4.82. The van der Waals surface area contributed by atoms with Crippen molar-refractivity contribution in [2.45, 2.75) is 13.3 Å². The molecule has 3 nitrogen and oxygen atoms in total. The van der Waals surface area contributed by atoms with Gasteiger partial charge in [0.25, 0.3) is 0 Å². The predicted molar refractivity (Wildman–Crippen MR) is 31.0 cm³/mol. The maximum absolute atomic E-state index is 5.12. The Bertz CT molecular complexity index is 61.4. The second kappa shape index (κ2) is 3.02. The minimum atomic E-state index is 0.757. The highest BCUT2D eigenvalue weighted by molar-refractivity contribution is 4.51. The van der Waals surface area contributed by atoms with Crippen LogP contribution in [-0.2, 0) is 4.84 Å². The fraction of sp³-hybridized carbons (Fsp3) is 1.00. The minimum absolute atomic E-state index is 0.757. The van der Waals surface area contributed by atoms with Crippen LogP contribution in [0.15, 0.2) is 0 Å². The van der Waals surface area contributed by atoms with Crippen molar-refractivity contribution in [2.24, 2.45) is 0 Å². The third kappa shape index (κ3) is 1.43. The Morgan fingerprint density at radius 3 is 3.12 bits per heavy atom. The maximum Gasteiger partial charge on any atom is 0.0673 e. The molecular weight excluding hydrogens is 104 g/mol. The highest BCUT2D eigenvalue weighted by atomic mass is 16.7. The van der Waals surface area contributed by atoms with Crippen LogP contribution in [0.2, 0.25) is 0 Å². The van der Waals surface area contributed by atoms with Gasteiger partial charge in [0.15, 0.2) is 0 Å². The Morgan fingerprint density at radius 1 is 1.75 bits per heavy atom. The molecule has 0 aromatic heterocycles. The summed E-state index contributed by atoms with van der Waals surface area (Å²) in [5.41, 5.74) is 3.07. The molecule has 1 N–H and O–H groups in total. The van der Waals surface area contributed by atoms with Crippen LogP contribution in [-0.4, -0.2) is 24.9 Å². The molecule has 1 heterocycles. The lowest BCUT2D eigenvalue weighted by Gasteiger charge is -2.11. The van der Waals surface area contributed by atoms with Crippen molar-refractivity contribution in [2.75, 3.05) is 19.7 Å². The van der Waals surface area contributed by atoms with Crippen LogP contribution in [0.25, 0.3) is 0 Å². The van der Waals surface area contributed by atoms with E-state index in [9.17, 15) is 0 Å². The van der Waals surface area contributed by atoms with E-state index in [1.165, 1.54) is 6.42 Å². The predicted octanol–water partition coefficient (Wildman–Crippen LogP) is 0.148. The summed E-state index contributed by atoms with van der Waals surface area (Å²) >= 11 is 0. The molecule has 0 saturated carbocycles. The van der Waals surface area contributed by atoms with Gasteiger partial charge in [-0.2, -0.15) is 0 Å². The molecule has 0 unspecified atom stereocenters. The van der Waals surface area contributed by atoms with Gasteiger partial charge in [0, 0.05) is 13.1 Å². The molecule has 0 aromatic carbocycles. The van der Waals surface area contributed by atoms with Gasteiger partial charge in [-0.1, -0.05) is 0 Å². The van der Waals surface area contributed by atoms with Crippen molar-refractivity contribution >= 4 is 0 Å². The molecule has 1 aliphatic rings. The van der Waals surface area contributed by atoms with Gasteiger partial charge in [-0.25, -0.2) is 5.43 Å². The summed E-state index contributed by atoms with van der Waals surface area (Å²) in [5.74, 6) is 0. The van der Waals surface area contributed by atoms with Crippen molar-refractivity contribution in [3.63, 3.8) is 0 Å². The van der Waals surface area contributed by atoms with Crippen LogP contribution < -0.4 is 5.43 Å². The normalized spacial score (nSPS) is 22.1. The zero-order chi connectivity index (χ0) is 5.82. The summed E-state index contributed by atoms with van der Waals surface area (Å²) in [6, 6.07) is 0. The number of hydrogen-bond donors (Lipinski definition) is 1. The molecule has 0 atom stereocenters. The number of hydrogen-bond acceptors (Lipinski definition) is 3. The average Bonchev–Trinajstić information content (AvgIpc) is 2.19. The molecule has 1 saturated heterocycles. The first kappa shape index (κ1) is 6.01. The summed E-state index contributed by atoms with van der Waals surface area (Å²) in [7, 11) is 0. The number of nitrogens with zero attached hydrogens (tertiary/aromatic N) is 1. The SMILES string of the molecule is CCON1CCCN1. The van der Waals surface area contributed by atoms with Crippen LogP contribution in [0.4, 0.5) is 0 Å². The highest BCUT2D eigenvalue weighted by Gasteiger charge is 2.08. The second-order valence-electron chi connectivity index (χ2n) is 1.78. The molecule has 8 heavy (non-hydrogen) atoms. The zero-order valence-electron chi connectivity index (χ0n) is 5.18. The lowest BCUT2D eigenvalue weighted by atomic mass is 10.5. The Hall–Kier alpha value is -0.120. The van der Waals surface area contributed by atoms with Gasteiger partial charge in [0.2, 0.25) is 0 Å².